The van der Waals surface area contributed by atoms with Gasteiger partial charge in [0.15, 0.2) is 0 Å². The number of hydrogen-bond donors (Lipinski definition) is 2. The van der Waals surface area contributed by atoms with Crippen LogP contribution in [0.5, 0.6) is 0 Å². The van der Waals surface area contributed by atoms with Gasteiger partial charge in [0.05, 0.1) is 0 Å². The minimum Gasteiger partial charge on any atom is -0.383 e. The van der Waals surface area contributed by atoms with E-state index in [0.717, 1.165) is 10.9 Å². The van der Waals surface area contributed by atoms with Crippen molar-refractivity contribution in [1.82, 2.24) is 9.97 Å². The Kier molecular flexibility index (Phi) is 2.92. The summed E-state index contributed by atoms with van der Waals surface area (Å²) in [6.45, 7) is 6.09. The van der Waals surface area contributed by atoms with Crippen molar-refractivity contribution in [2.24, 2.45) is 0 Å². The number of aromatic nitrogens is 2. The number of H-pyrrole nitrogens is 1. The number of imidazole rings is 1. The Bertz CT molecular complexity index is 517. The fourth-order valence-corrected chi connectivity index (χ4v) is 2.51. The predicted octanol–water partition coefficient (Wildman–Crippen LogP) is 3.07. The number of anilines is 1. The van der Waals surface area contributed by atoms with Crippen molar-refractivity contribution in [3.05, 3.63) is 35.2 Å². The second kappa shape index (κ2) is 4.22. The smallest absolute Gasteiger partial charge is 0.143 e. The minimum absolute atomic E-state index is 0.642. The Labute approximate surface area is 99.5 Å². The van der Waals surface area contributed by atoms with E-state index in [2.05, 4.69) is 42.0 Å². The lowest BCUT2D eigenvalue weighted by Gasteiger charge is -2.04. The SMILES string of the molecule is Cc1ccc(C)c(Sc2nc(C)[nH]c2N)c1. The van der Waals surface area contributed by atoms with Gasteiger partial charge >= 0.3 is 0 Å². The third-order valence-electron chi connectivity index (χ3n) is 2.37. The molecule has 1 heterocycles. The van der Waals surface area contributed by atoms with Gasteiger partial charge < -0.3 is 10.7 Å². The summed E-state index contributed by atoms with van der Waals surface area (Å²) in [6.07, 6.45) is 0. The van der Waals surface area contributed by atoms with E-state index < -0.39 is 0 Å². The van der Waals surface area contributed by atoms with Gasteiger partial charge in [0.25, 0.3) is 0 Å². The van der Waals surface area contributed by atoms with E-state index in [1.165, 1.54) is 16.0 Å². The van der Waals surface area contributed by atoms with Gasteiger partial charge in [0, 0.05) is 4.90 Å². The van der Waals surface area contributed by atoms with Gasteiger partial charge in [-0.2, -0.15) is 0 Å². The highest BCUT2D eigenvalue weighted by Crippen LogP contribution is 2.32. The Balaban J connectivity index is 2.33. The summed E-state index contributed by atoms with van der Waals surface area (Å²) in [7, 11) is 0. The van der Waals surface area contributed by atoms with Gasteiger partial charge in [-0.3, -0.25) is 0 Å². The number of aromatic amines is 1. The standard InChI is InChI=1S/C12H15N3S/c1-7-4-5-8(2)10(6-7)16-12-11(13)14-9(3)15-12/h4-6H,13H2,1-3H3,(H,14,15). The Morgan fingerprint density at radius 2 is 2.00 bits per heavy atom. The van der Waals surface area contributed by atoms with Crippen molar-refractivity contribution in [3.8, 4) is 0 Å². The molecule has 1 aromatic carbocycles. The quantitative estimate of drug-likeness (QED) is 0.838. The van der Waals surface area contributed by atoms with E-state index in [0.29, 0.717) is 5.82 Å². The summed E-state index contributed by atoms with van der Waals surface area (Å²) in [6, 6.07) is 6.38. The van der Waals surface area contributed by atoms with E-state index in [9.17, 15) is 0 Å². The summed E-state index contributed by atoms with van der Waals surface area (Å²) in [5, 5.41) is 0.853. The molecule has 0 aliphatic carbocycles. The third kappa shape index (κ3) is 2.22. The number of benzene rings is 1. The molecule has 3 N–H and O–H groups in total. The van der Waals surface area contributed by atoms with Crippen LogP contribution in [0.25, 0.3) is 0 Å². The average molecular weight is 233 g/mol. The lowest BCUT2D eigenvalue weighted by molar-refractivity contribution is 1.10. The molecule has 0 radical (unpaired) electrons. The molecule has 0 atom stereocenters. The normalized spacial score (nSPS) is 10.7. The number of hydrogen-bond acceptors (Lipinski definition) is 3. The minimum atomic E-state index is 0.642. The van der Waals surface area contributed by atoms with Gasteiger partial charge in [0.1, 0.15) is 16.7 Å². The number of nitrogens with zero attached hydrogens (tertiary/aromatic N) is 1. The van der Waals surface area contributed by atoms with Crippen LogP contribution in [-0.4, -0.2) is 9.97 Å². The molecule has 16 heavy (non-hydrogen) atoms. The van der Waals surface area contributed by atoms with Gasteiger partial charge in [0.2, 0.25) is 0 Å². The molecule has 1 aromatic heterocycles. The van der Waals surface area contributed by atoms with Gasteiger partial charge in [-0.15, -0.1) is 0 Å². The Hall–Kier alpha value is -1.42. The van der Waals surface area contributed by atoms with Crippen molar-refractivity contribution >= 4 is 17.6 Å². The summed E-state index contributed by atoms with van der Waals surface area (Å²) in [4.78, 5) is 8.57. The molecular weight excluding hydrogens is 218 g/mol. The number of nitrogen functional groups attached to an aromatic ring is 1. The topological polar surface area (TPSA) is 54.7 Å². The summed E-state index contributed by atoms with van der Waals surface area (Å²) >= 11 is 1.61. The lowest BCUT2D eigenvalue weighted by Crippen LogP contribution is -1.88. The molecule has 0 aliphatic rings. The third-order valence-corrected chi connectivity index (χ3v) is 3.53. The van der Waals surface area contributed by atoms with E-state index in [4.69, 9.17) is 5.73 Å². The van der Waals surface area contributed by atoms with Crippen LogP contribution in [0.4, 0.5) is 5.82 Å². The van der Waals surface area contributed by atoms with Crippen LogP contribution in [0.3, 0.4) is 0 Å². The van der Waals surface area contributed by atoms with Crippen LogP contribution in [0.1, 0.15) is 17.0 Å². The Morgan fingerprint density at radius 1 is 1.25 bits per heavy atom. The molecule has 3 nitrogen and oxygen atoms in total. The number of nitrogens with one attached hydrogen (secondary N) is 1. The lowest BCUT2D eigenvalue weighted by atomic mass is 10.2. The van der Waals surface area contributed by atoms with E-state index in [1.807, 2.05) is 6.92 Å². The second-order valence-electron chi connectivity index (χ2n) is 3.91. The first-order valence-corrected chi connectivity index (χ1v) is 5.95. The highest BCUT2D eigenvalue weighted by Gasteiger charge is 2.08. The van der Waals surface area contributed by atoms with Crippen molar-refractivity contribution in [2.45, 2.75) is 30.7 Å². The molecule has 0 bridgehead atoms. The monoisotopic (exact) mass is 233 g/mol. The fourth-order valence-electron chi connectivity index (χ4n) is 1.49. The molecule has 84 valence electrons. The second-order valence-corrected chi connectivity index (χ2v) is 4.94. The largest absolute Gasteiger partial charge is 0.383 e. The molecule has 2 aromatic rings. The molecule has 0 unspecified atom stereocenters. The van der Waals surface area contributed by atoms with E-state index in [1.54, 1.807) is 11.8 Å². The van der Waals surface area contributed by atoms with Gasteiger partial charge in [-0.25, -0.2) is 4.98 Å². The summed E-state index contributed by atoms with van der Waals surface area (Å²) < 4.78 is 0. The number of aryl methyl sites for hydroxylation is 3. The molecule has 0 aliphatic heterocycles. The van der Waals surface area contributed by atoms with Crippen molar-refractivity contribution in [3.63, 3.8) is 0 Å². The zero-order chi connectivity index (χ0) is 11.7. The van der Waals surface area contributed by atoms with Gasteiger partial charge in [-0.05, 0) is 38.0 Å². The summed E-state index contributed by atoms with van der Waals surface area (Å²) in [5.41, 5.74) is 8.33. The van der Waals surface area contributed by atoms with Crippen LogP contribution >= 0.6 is 11.8 Å². The maximum atomic E-state index is 5.84. The molecule has 0 spiro atoms. The molecule has 2 rings (SSSR count). The predicted molar refractivity (Wildman–Crippen MR) is 67.8 cm³/mol. The molecule has 0 saturated heterocycles. The number of nitrogens with two attached hydrogens (primary N) is 1. The first-order valence-electron chi connectivity index (χ1n) is 5.13. The zero-order valence-corrected chi connectivity index (χ0v) is 10.5. The molecule has 0 fully saturated rings. The van der Waals surface area contributed by atoms with Crippen LogP contribution in [0.2, 0.25) is 0 Å². The van der Waals surface area contributed by atoms with Crippen LogP contribution in [-0.2, 0) is 0 Å². The first kappa shape index (κ1) is 11.1. The van der Waals surface area contributed by atoms with Crippen LogP contribution < -0.4 is 5.73 Å². The van der Waals surface area contributed by atoms with Crippen molar-refractivity contribution in [1.29, 1.82) is 0 Å². The average Bonchev–Trinajstić information content (AvgIpc) is 2.51. The number of rotatable bonds is 2. The first-order chi connectivity index (χ1) is 7.56. The van der Waals surface area contributed by atoms with Crippen LogP contribution in [0.15, 0.2) is 28.1 Å². The molecule has 4 heteroatoms. The zero-order valence-electron chi connectivity index (χ0n) is 9.66. The maximum Gasteiger partial charge on any atom is 0.143 e. The van der Waals surface area contributed by atoms with Crippen molar-refractivity contribution < 1.29 is 0 Å². The van der Waals surface area contributed by atoms with Crippen molar-refractivity contribution in [2.75, 3.05) is 5.73 Å². The summed E-state index contributed by atoms with van der Waals surface area (Å²) in [5.74, 6) is 1.49. The molecule has 0 saturated carbocycles. The highest BCUT2D eigenvalue weighted by atomic mass is 32.2. The van der Waals surface area contributed by atoms with E-state index in [-0.39, 0.29) is 0 Å². The van der Waals surface area contributed by atoms with Crippen LogP contribution in [0, 0.1) is 20.8 Å². The molecular formula is C12H15N3S. The molecule has 0 amide bonds. The maximum absolute atomic E-state index is 5.84. The van der Waals surface area contributed by atoms with E-state index >= 15 is 0 Å². The Morgan fingerprint density at radius 3 is 2.62 bits per heavy atom. The fraction of sp³-hybridized carbons (Fsp3) is 0.250. The highest BCUT2D eigenvalue weighted by molar-refractivity contribution is 7.99. The van der Waals surface area contributed by atoms with Gasteiger partial charge in [-0.1, -0.05) is 23.9 Å².